The number of sulfonamides is 1. The van der Waals surface area contributed by atoms with E-state index in [9.17, 15) is 16.8 Å². The van der Waals surface area contributed by atoms with Crippen LogP contribution in [0.2, 0.25) is 0 Å². The van der Waals surface area contributed by atoms with Crippen molar-refractivity contribution in [3.05, 3.63) is 72.3 Å². The molecule has 31 heavy (non-hydrogen) atoms. The van der Waals surface area contributed by atoms with Crippen LogP contribution in [0.4, 0.5) is 5.69 Å². The van der Waals surface area contributed by atoms with E-state index in [1.165, 1.54) is 34.3 Å². The van der Waals surface area contributed by atoms with Gasteiger partial charge in [-0.2, -0.15) is 5.26 Å². The molecule has 0 unspecified atom stereocenters. The summed E-state index contributed by atoms with van der Waals surface area (Å²) in [6.07, 6.45) is 1.90. The zero-order chi connectivity index (χ0) is 22.2. The second kappa shape index (κ2) is 8.04. The van der Waals surface area contributed by atoms with Gasteiger partial charge in [0.15, 0.2) is 9.84 Å². The molecule has 3 aromatic carbocycles. The van der Waals surface area contributed by atoms with Crippen molar-refractivity contribution >= 4 is 37.3 Å². The highest BCUT2D eigenvalue weighted by atomic mass is 32.2. The molecule has 0 aromatic heterocycles. The first kappa shape index (κ1) is 21.4. The minimum absolute atomic E-state index is 0.000420. The predicted octanol–water partition coefficient (Wildman–Crippen LogP) is 3.93. The first-order valence-electron chi connectivity index (χ1n) is 9.30. The highest BCUT2D eigenvalue weighted by Crippen LogP contribution is 2.37. The van der Waals surface area contributed by atoms with Crippen molar-refractivity contribution in [1.82, 2.24) is 0 Å². The monoisotopic (exact) mass is 470 g/mol. The smallest absolute Gasteiger partial charge is 0.264 e. The number of rotatable bonds is 4. The van der Waals surface area contributed by atoms with Gasteiger partial charge in [-0.05, 0) is 65.9 Å². The Labute approximate surface area is 186 Å². The van der Waals surface area contributed by atoms with Gasteiger partial charge in [0.05, 0.1) is 32.9 Å². The van der Waals surface area contributed by atoms with Crippen LogP contribution in [0, 0.1) is 11.3 Å². The Balaban J connectivity index is 1.84. The quantitative estimate of drug-likeness (QED) is 0.536. The number of nitriles is 1. The number of sulfone groups is 1. The van der Waals surface area contributed by atoms with Crippen LogP contribution in [0.15, 0.2) is 81.4 Å². The van der Waals surface area contributed by atoms with Gasteiger partial charge in [-0.3, -0.25) is 4.31 Å². The van der Waals surface area contributed by atoms with Crippen LogP contribution in [0.5, 0.6) is 0 Å². The van der Waals surface area contributed by atoms with Gasteiger partial charge in [0, 0.05) is 11.4 Å². The van der Waals surface area contributed by atoms with Gasteiger partial charge in [-0.15, -0.1) is 11.8 Å². The summed E-state index contributed by atoms with van der Waals surface area (Å²) in [6, 6.07) is 20.1. The van der Waals surface area contributed by atoms with Crippen molar-refractivity contribution < 1.29 is 16.8 Å². The summed E-state index contributed by atoms with van der Waals surface area (Å²) >= 11 is 1.51. The van der Waals surface area contributed by atoms with Gasteiger partial charge < -0.3 is 0 Å². The lowest BCUT2D eigenvalue weighted by Crippen LogP contribution is -2.39. The summed E-state index contributed by atoms with van der Waals surface area (Å²) in [7, 11) is -7.53. The first-order chi connectivity index (χ1) is 14.8. The van der Waals surface area contributed by atoms with E-state index in [1.54, 1.807) is 48.5 Å². The van der Waals surface area contributed by atoms with E-state index < -0.39 is 19.9 Å². The molecule has 0 radical (unpaired) electrons. The van der Waals surface area contributed by atoms with E-state index >= 15 is 0 Å². The van der Waals surface area contributed by atoms with Gasteiger partial charge in [0.1, 0.15) is 0 Å². The molecule has 1 aliphatic rings. The van der Waals surface area contributed by atoms with Gasteiger partial charge >= 0.3 is 0 Å². The topological polar surface area (TPSA) is 95.3 Å². The molecule has 6 nitrogen and oxygen atoms in total. The van der Waals surface area contributed by atoms with Crippen molar-refractivity contribution in [3.8, 4) is 17.2 Å². The molecule has 0 saturated heterocycles. The maximum Gasteiger partial charge on any atom is 0.264 e. The van der Waals surface area contributed by atoms with Crippen molar-refractivity contribution in [2.24, 2.45) is 0 Å². The SMILES string of the molecule is CSc1ccc(S(=O)(=O)N2CCS(=O)(=O)c3ccc(-c4ccc(C#N)cc4)cc32)cc1. The Morgan fingerprint density at radius 3 is 2.23 bits per heavy atom. The third kappa shape index (κ3) is 3.94. The molecule has 0 N–H and O–H groups in total. The van der Waals surface area contributed by atoms with Crippen LogP contribution in [0.25, 0.3) is 11.1 Å². The Morgan fingerprint density at radius 1 is 0.968 bits per heavy atom. The van der Waals surface area contributed by atoms with E-state index in [2.05, 4.69) is 6.07 Å². The van der Waals surface area contributed by atoms with Gasteiger partial charge in [0.25, 0.3) is 10.0 Å². The zero-order valence-corrected chi connectivity index (χ0v) is 19.0. The van der Waals surface area contributed by atoms with E-state index in [0.717, 1.165) is 10.5 Å². The van der Waals surface area contributed by atoms with Crippen molar-refractivity contribution in [2.75, 3.05) is 22.9 Å². The number of hydrogen-bond donors (Lipinski definition) is 0. The van der Waals surface area contributed by atoms with Crippen LogP contribution in [0.1, 0.15) is 5.56 Å². The fraction of sp³-hybridized carbons (Fsp3) is 0.136. The molecule has 4 rings (SSSR count). The Bertz CT molecular complexity index is 1390. The van der Waals surface area contributed by atoms with E-state index in [-0.39, 0.29) is 27.8 Å². The molecule has 3 aromatic rings. The third-order valence-electron chi connectivity index (χ3n) is 5.12. The molecule has 9 heteroatoms. The average molecular weight is 471 g/mol. The number of anilines is 1. The zero-order valence-electron chi connectivity index (χ0n) is 16.5. The summed E-state index contributed by atoms with van der Waals surface area (Å²) in [6.45, 7) is -0.154. The number of thioether (sulfide) groups is 1. The molecule has 0 saturated carbocycles. The number of hydrogen-bond acceptors (Lipinski definition) is 6. The number of fused-ring (bicyclic) bond motifs is 1. The molecule has 0 amide bonds. The molecule has 158 valence electrons. The standard InChI is InChI=1S/C22H18N2O4S3/c1-29-19-7-9-20(10-8-19)31(27,28)24-12-13-30(25,26)22-11-6-18(14-21(22)24)17-4-2-16(15-23)3-5-17/h2-11,14H,12-13H2,1H3. The van der Waals surface area contributed by atoms with Crippen LogP contribution < -0.4 is 4.31 Å². The predicted molar refractivity (Wildman–Crippen MR) is 121 cm³/mol. The first-order valence-corrected chi connectivity index (χ1v) is 13.6. The lowest BCUT2D eigenvalue weighted by Gasteiger charge is -2.30. The molecule has 0 spiro atoms. The minimum Gasteiger partial charge on any atom is -0.264 e. The summed E-state index contributed by atoms with van der Waals surface area (Å²) in [5, 5.41) is 8.99. The van der Waals surface area contributed by atoms with Gasteiger partial charge in [-0.1, -0.05) is 18.2 Å². The van der Waals surface area contributed by atoms with Crippen LogP contribution in [0.3, 0.4) is 0 Å². The summed E-state index contributed by atoms with van der Waals surface area (Å²) < 4.78 is 53.2. The third-order valence-corrected chi connectivity index (χ3v) is 9.43. The summed E-state index contributed by atoms with van der Waals surface area (Å²) in [4.78, 5) is 1.04. The van der Waals surface area contributed by atoms with Gasteiger partial charge in [0.2, 0.25) is 0 Å². The van der Waals surface area contributed by atoms with E-state index in [0.29, 0.717) is 11.1 Å². The van der Waals surface area contributed by atoms with Crippen molar-refractivity contribution in [2.45, 2.75) is 14.7 Å². The van der Waals surface area contributed by atoms with Gasteiger partial charge in [-0.25, -0.2) is 16.8 Å². The molecule has 0 fully saturated rings. The molecular formula is C22H18N2O4S3. The fourth-order valence-corrected chi connectivity index (χ4v) is 6.91. The molecular weight excluding hydrogens is 452 g/mol. The molecule has 0 atom stereocenters. The van der Waals surface area contributed by atoms with Crippen LogP contribution >= 0.6 is 11.8 Å². The molecule has 1 aliphatic heterocycles. The van der Waals surface area contributed by atoms with Crippen LogP contribution in [-0.2, 0) is 19.9 Å². The molecule has 0 aliphatic carbocycles. The van der Waals surface area contributed by atoms with Crippen molar-refractivity contribution in [1.29, 1.82) is 5.26 Å². The molecule has 0 bridgehead atoms. The Kier molecular flexibility index (Phi) is 5.56. The summed E-state index contributed by atoms with van der Waals surface area (Å²) in [5.74, 6) is -0.279. The average Bonchev–Trinajstić information content (AvgIpc) is 2.78. The Morgan fingerprint density at radius 2 is 1.61 bits per heavy atom. The Hall–Kier alpha value is -2.80. The second-order valence-corrected chi connectivity index (χ2v) is 11.8. The maximum absolute atomic E-state index is 13.4. The highest BCUT2D eigenvalue weighted by molar-refractivity contribution is 7.98. The number of benzene rings is 3. The lowest BCUT2D eigenvalue weighted by molar-refractivity contribution is 0.584. The van der Waals surface area contributed by atoms with Crippen LogP contribution in [-0.4, -0.2) is 35.4 Å². The maximum atomic E-state index is 13.4. The number of nitrogens with zero attached hydrogens (tertiary/aromatic N) is 2. The largest absolute Gasteiger partial charge is 0.264 e. The minimum atomic E-state index is -3.94. The van der Waals surface area contributed by atoms with Crippen molar-refractivity contribution in [3.63, 3.8) is 0 Å². The second-order valence-electron chi connectivity index (χ2n) is 6.94. The van der Waals surface area contributed by atoms with E-state index in [4.69, 9.17) is 5.26 Å². The fourth-order valence-electron chi connectivity index (χ4n) is 3.45. The normalized spacial score (nSPS) is 15.2. The molecule has 1 heterocycles. The highest BCUT2D eigenvalue weighted by Gasteiger charge is 2.35. The van der Waals surface area contributed by atoms with E-state index in [1.807, 2.05) is 6.26 Å². The summed E-state index contributed by atoms with van der Waals surface area (Å²) in [5.41, 5.74) is 2.06. The lowest BCUT2D eigenvalue weighted by atomic mass is 10.0.